The van der Waals surface area contributed by atoms with Crippen molar-refractivity contribution in [3.8, 4) is 5.75 Å². The Morgan fingerprint density at radius 2 is 1.76 bits per heavy atom. The summed E-state index contributed by atoms with van der Waals surface area (Å²) in [6.07, 6.45) is -3.22. The summed E-state index contributed by atoms with van der Waals surface area (Å²) in [5.74, 6) is 0.240. The van der Waals surface area contributed by atoms with Crippen LogP contribution in [0.15, 0.2) is 35.5 Å². The van der Waals surface area contributed by atoms with Crippen molar-refractivity contribution in [3.05, 3.63) is 46.3 Å². The molecule has 0 radical (unpaired) electrons. The molecule has 0 bridgehead atoms. The average Bonchev–Trinajstić information content (AvgIpc) is 2.40. The van der Waals surface area contributed by atoms with Gasteiger partial charge in [-0.2, -0.15) is 0 Å². The van der Waals surface area contributed by atoms with E-state index in [0.29, 0.717) is 10.8 Å². The normalized spacial score (nSPS) is 11.5. The van der Waals surface area contributed by atoms with E-state index in [-0.39, 0.29) is 16.1 Å². The zero-order valence-electron chi connectivity index (χ0n) is 10.2. The van der Waals surface area contributed by atoms with Gasteiger partial charge in [-0.25, -0.2) is 9.97 Å². The predicted octanol–water partition coefficient (Wildman–Crippen LogP) is 4.97. The number of ether oxygens (including phenoxy) is 1. The van der Waals surface area contributed by atoms with Gasteiger partial charge in [-0.05, 0) is 17.7 Å². The van der Waals surface area contributed by atoms with Crippen LogP contribution in [-0.4, -0.2) is 16.3 Å². The van der Waals surface area contributed by atoms with E-state index in [0.717, 1.165) is 5.56 Å². The van der Waals surface area contributed by atoms with Gasteiger partial charge >= 0.3 is 6.36 Å². The lowest BCUT2D eigenvalue weighted by molar-refractivity contribution is -0.274. The van der Waals surface area contributed by atoms with Gasteiger partial charge in [0.15, 0.2) is 10.3 Å². The number of nitrogens with zero attached hydrogens (tertiary/aromatic N) is 2. The van der Waals surface area contributed by atoms with Crippen molar-refractivity contribution in [2.75, 3.05) is 0 Å². The highest BCUT2D eigenvalue weighted by atomic mass is 35.5. The number of halogens is 5. The van der Waals surface area contributed by atoms with Crippen LogP contribution >= 0.6 is 35.0 Å². The fourth-order valence-electron chi connectivity index (χ4n) is 1.35. The summed E-state index contributed by atoms with van der Waals surface area (Å²) in [4.78, 5) is 7.86. The molecule has 0 fully saturated rings. The summed E-state index contributed by atoms with van der Waals surface area (Å²) >= 11 is 12.7. The first kappa shape index (κ1) is 16.2. The quantitative estimate of drug-likeness (QED) is 0.725. The van der Waals surface area contributed by atoms with Gasteiger partial charge < -0.3 is 4.74 Å². The summed E-state index contributed by atoms with van der Waals surface area (Å²) in [5, 5.41) is 0.797. The minimum atomic E-state index is -4.69. The Bertz CT molecular complexity index is 623. The van der Waals surface area contributed by atoms with E-state index in [1.165, 1.54) is 30.1 Å². The van der Waals surface area contributed by atoms with E-state index in [9.17, 15) is 13.2 Å². The van der Waals surface area contributed by atoms with Crippen molar-refractivity contribution >= 4 is 35.0 Å². The Balaban J connectivity index is 1.96. The van der Waals surface area contributed by atoms with E-state index in [4.69, 9.17) is 23.2 Å². The summed E-state index contributed by atoms with van der Waals surface area (Å²) in [7, 11) is 0. The maximum atomic E-state index is 12.0. The van der Waals surface area contributed by atoms with Crippen LogP contribution in [0.5, 0.6) is 5.75 Å². The molecule has 0 aliphatic heterocycles. The molecule has 21 heavy (non-hydrogen) atoms. The molecule has 0 spiro atoms. The van der Waals surface area contributed by atoms with Crippen LogP contribution in [-0.2, 0) is 5.75 Å². The van der Waals surface area contributed by atoms with Crippen LogP contribution in [0.1, 0.15) is 5.56 Å². The van der Waals surface area contributed by atoms with Gasteiger partial charge in [0.1, 0.15) is 10.8 Å². The van der Waals surface area contributed by atoms with Crippen molar-refractivity contribution in [3.63, 3.8) is 0 Å². The van der Waals surface area contributed by atoms with Crippen LogP contribution in [0.25, 0.3) is 0 Å². The van der Waals surface area contributed by atoms with Crippen molar-refractivity contribution in [1.82, 2.24) is 9.97 Å². The number of thioether (sulfide) groups is 1. The molecule has 0 aliphatic rings. The first-order chi connectivity index (χ1) is 9.83. The number of rotatable bonds is 4. The molecule has 9 heteroatoms. The van der Waals surface area contributed by atoms with E-state index in [1.807, 2.05) is 0 Å². The molecule has 0 atom stereocenters. The molecule has 1 aromatic heterocycles. The SMILES string of the molecule is FC(F)(F)Oc1ccc(CSc2cnc(Cl)c(Cl)n2)cc1. The average molecular weight is 355 g/mol. The minimum absolute atomic E-state index is 0.107. The first-order valence-electron chi connectivity index (χ1n) is 5.49. The van der Waals surface area contributed by atoms with Gasteiger partial charge in [-0.1, -0.05) is 35.3 Å². The maximum absolute atomic E-state index is 12.0. The standard InChI is InChI=1S/C12H7Cl2F3N2OS/c13-10-11(14)19-9(5-18-10)21-6-7-1-3-8(4-2-7)20-12(15,16)17/h1-5H,6H2. The van der Waals surface area contributed by atoms with E-state index in [2.05, 4.69) is 14.7 Å². The second kappa shape index (κ2) is 6.72. The number of hydrogen-bond donors (Lipinski definition) is 0. The number of benzene rings is 1. The van der Waals surface area contributed by atoms with Gasteiger partial charge in [0.25, 0.3) is 0 Å². The summed E-state index contributed by atoms with van der Waals surface area (Å²) in [6, 6.07) is 5.59. The second-order valence-electron chi connectivity index (χ2n) is 3.77. The molecule has 112 valence electrons. The highest BCUT2D eigenvalue weighted by molar-refractivity contribution is 7.98. The fourth-order valence-corrected chi connectivity index (χ4v) is 2.42. The molecule has 1 heterocycles. The molecule has 0 unspecified atom stereocenters. The minimum Gasteiger partial charge on any atom is -0.406 e. The third-order valence-corrected chi connectivity index (χ3v) is 3.82. The highest BCUT2D eigenvalue weighted by Gasteiger charge is 2.30. The molecule has 2 aromatic rings. The molecule has 1 aromatic carbocycles. The number of alkyl halides is 3. The fraction of sp³-hybridized carbons (Fsp3) is 0.167. The van der Waals surface area contributed by atoms with Crippen molar-refractivity contribution in [2.24, 2.45) is 0 Å². The summed E-state index contributed by atoms with van der Waals surface area (Å²) in [5.41, 5.74) is 0.808. The van der Waals surface area contributed by atoms with Crippen molar-refractivity contribution in [1.29, 1.82) is 0 Å². The molecule has 0 aliphatic carbocycles. The molecular formula is C12H7Cl2F3N2OS. The van der Waals surface area contributed by atoms with E-state index in [1.54, 1.807) is 12.1 Å². The third-order valence-electron chi connectivity index (χ3n) is 2.21. The number of aromatic nitrogens is 2. The summed E-state index contributed by atoms with van der Waals surface area (Å²) < 4.78 is 39.8. The van der Waals surface area contributed by atoms with Crippen molar-refractivity contribution in [2.45, 2.75) is 17.1 Å². The van der Waals surface area contributed by atoms with Crippen LogP contribution in [0, 0.1) is 0 Å². The molecular weight excluding hydrogens is 348 g/mol. The van der Waals surface area contributed by atoms with Crippen LogP contribution in [0.4, 0.5) is 13.2 Å². The lowest BCUT2D eigenvalue weighted by Gasteiger charge is -2.09. The van der Waals surface area contributed by atoms with Gasteiger partial charge in [-0.3, -0.25) is 0 Å². The molecule has 0 saturated carbocycles. The zero-order valence-corrected chi connectivity index (χ0v) is 12.5. The third kappa shape index (κ3) is 5.26. The molecule has 0 N–H and O–H groups in total. The van der Waals surface area contributed by atoms with Crippen molar-refractivity contribution < 1.29 is 17.9 Å². The van der Waals surface area contributed by atoms with Gasteiger partial charge in [0, 0.05) is 5.75 Å². The van der Waals surface area contributed by atoms with E-state index < -0.39 is 6.36 Å². The summed E-state index contributed by atoms with van der Waals surface area (Å²) in [6.45, 7) is 0. The van der Waals surface area contributed by atoms with Crippen LogP contribution in [0.3, 0.4) is 0 Å². The van der Waals surface area contributed by atoms with Gasteiger partial charge in [-0.15, -0.1) is 24.9 Å². The van der Waals surface area contributed by atoms with Gasteiger partial charge in [0.05, 0.1) is 6.20 Å². The lowest BCUT2D eigenvalue weighted by atomic mass is 10.2. The maximum Gasteiger partial charge on any atom is 0.573 e. The molecule has 0 amide bonds. The van der Waals surface area contributed by atoms with Crippen LogP contribution in [0.2, 0.25) is 10.3 Å². The monoisotopic (exact) mass is 354 g/mol. The smallest absolute Gasteiger partial charge is 0.406 e. The zero-order chi connectivity index (χ0) is 15.5. The Morgan fingerprint density at radius 1 is 1.10 bits per heavy atom. The Hall–Kier alpha value is -1.18. The Labute approximate surface area is 132 Å². The first-order valence-corrected chi connectivity index (χ1v) is 7.23. The number of hydrogen-bond acceptors (Lipinski definition) is 4. The van der Waals surface area contributed by atoms with E-state index >= 15 is 0 Å². The predicted molar refractivity (Wildman–Crippen MR) is 74.7 cm³/mol. The lowest BCUT2D eigenvalue weighted by Crippen LogP contribution is -2.16. The second-order valence-corrected chi connectivity index (χ2v) is 5.48. The molecule has 0 saturated heterocycles. The highest BCUT2D eigenvalue weighted by Crippen LogP contribution is 2.27. The Morgan fingerprint density at radius 3 is 2.33 bits per heavy atom. The van der Waals surface area contributed by atoms with Crippen LogP contribution < -0.4 is 4.74 Å². The Kier molecular flexibility index (Phi) is 5.18. The van der Waals surface area contributed by atoms with Gasteiger partial charge in [0.2, 0.25) is 0 Å². The molecule has 2 rings (SSSR count). The largest absolute Gasteiger partial charge is 0.573 e. The topological polar surface area (TPSA) is 35.0 Å². The molecule has 3 nitrogen and oxygen atoms in total.